The predicted molar refractivity (Wildman–Crippen MR) is 183 cm³/mol. The van der Waals surface area contributed by atoms with Gasteiger partial charge in [0.25, 0.3) is 0 Å². The Kier molecular flexibility index (Phi) is 12.1. The molecule has 0 aromatic heterocycles. The molecule has 8 heteroatoms. The SMILES string of the molecule is CCCCCCCC/C=C\CCCCCCCC(=O)O[C@@H](C)C(=O)OC1=CC[C@@]2(O)[C@@H]3Cc4ccc(OC)c5c4[C@@]2(CCN3C)[C@H]1O5. The molecule has 47 heavy (non-hydrogen) atoms. The minimum absolute atomic E-state index is 0.0841. The van der Waals surface area contributed by atoms with Gasteiger partial charge in [-0.05, 0) is 83.2 Å². The van der Waals surface area contributed by atoms with Crippen LogP contribution in [-0.4, -0.2) is 66.5 Å². The summed E-state index contributed by atoms with van der Waals surface area (Å²) in [5, 5.41) is 12.3. The number of hydrogen-bond donors (Lipinski definition) is 1. The fraction of sp³-hybridized carbons (Fsp3) is 0.692. The topological polar surface area (TPSA) is 94.5 Å². The Balaban J connectivity index is 1.05. The zero-order valence-corrected chi connectivity index (χ0v) is 29.2. The predicted octanol–water partition coefficient (Wildman–Crippen LogP) is 7.49. The van der Waals surface area contributed by atoms with E-state index in [-0.39, 0.29) is 18.4 Å². The fourth-order valence-electron chi connectivity index (χ4n) is 8.43. The van der Waals surface area contributed by atoms with Crippen molar-refractivity contribution in [3.8, 4) is 11.5 Å². The molecule has 4 aliphatic rings. The van der Waals surface area contributed by atoms with Gasteiger partial charge < -0.3 is 29.0 Å². The number of nitrogens with zero attached hydrogens (tertiary/aromatic N) is 1. The molecule has 1 spiro atoms. The second-order valence-corrected chi connectivity index (χ2v) is 14.2. The summed E-state index contributed by atoms with van der Waals surface area (Å²) in [6.07, 6.45) is 22.2. The number of carbonyl (C=O) groups is 2. The van der Waals surface area contributed by atoms with E-state index in [9.17, 15) is 14.7 Å². The minimum atomic E-state index is -1.08. The number of carbonyl (C=O) groups excluding carboxylic acids is 2. The number of hydrogen-bond acceptors (Lipinski definition) is 8. The van der Waals surface area contributed by atoms with Crippen LogP contribution in [0.25, 0.3) is 0 Å². The Labute approximate surface area is 281 Å². The van der Waals surface area contributed by atoms with E-state index in [2.05, 4.69) is 37.1 Å². The molecule has 1 aromatic carbocycles. The van der Waals surface area contributed by atoms with E-state index in [0.717, 1.165) is 49.8 Å². The van der Waals surface area contributed by atoms with Crippen molar-refractivity contribution >= 4 is 11.9 Å². The van der Waals surface area contributed by atoms with Crippen LogP contribution in [0.5, 0.6) is 11.5 Å². The van der Waals surface area contributed by atoms with E-state index in [0.29, 0.717) is 36.5 Å². The van der Waals surface area contributed by atoms with Crippen molar-refractivity contribution in [1.29, 1.82) is 0 Å². The van der Waals surface area contributed by atoms with Crippen LogP contribution in [-0.2, 0) is 30.9 Å². The van der Waals surface area contributed by atoms with Crippen molar-refractivity contribution in [1.82, 2.24) is 4.90 Å². The number of esters is 2. The maximum absolute atomic E-state index is 13.2. The molecule has 2 heterocycles. The molecule has 5 rings (SSSR count). The van der Waals surface area contributed by atoms with Crippen LogP contribution in [0.2, 0.25) is 0 Å². The lowest BCUT2D eigenvalue weighted by atomic mass is 9.50. The summed E-state index contributed by atoms with van der Waals surface area (Å²) >= 11 is 0. The van der Waals surface area contributed by atoms with Crippen molar-refractivity contribution in [2.45, 2.75) is 152 Å². The number of piperidine rings is 1. The first-order valence-electron chi connectivity index (χ1n) is 18.3. The first kappa shape index (κ1) is 35.5. The van der Waals surface area contributed by atoms with Gasteiger partial charge in [0, 0.05) is 24.4 Å². The summed E-state index contributed by atoms with van der Waals surface area (Å²) in [7, 11) is 3.67. The smallest absolute Gasteiger partial charge is 0.352 e. The molecule has 8 nitrogen and oxygen atoms in total. The molecule has 1 aromatic rings. The number of unbranched alkanes of at least 4 members (excludes halogenated alkanes) is 11. The molecule has 0 unspecified atom stereocenters. The van der Waals surface area contributed by atoms with Crippen molar-refractivity contribution < 1.29 is 33.6 Å². The van der Waals surface area contributed by atoms with Gasteiger partial charge in [0.2, 0.25) is 0 Å². The second kappa shape index (κ2) is 16.0. The highest BCUT2D eigenvalue weighted by atomic mass is 16.6. The summed E-state index contributed by atoms with van der Waals surface area (Å²) in [5.74, 6) is 0.579. The lowest BCUT2D eigenvalue weighted by Gasteiger charge is -2.61. The van der Waals surface area contributed by atoms with Crippen LogP contribution < -0.4 is 9.47 Å². The highest BCUT2D eigenvalue weighted by Gasteiger charge is 2.72. The van der Waals surface area contributed by atoms with E-state index in [1.165, 1.54) is 51.4 Å². The van der Waals surface area contributed by atoms with Gasteiger partial charge in [-0.2, -0.15) is 0 Å². The highest BCUT2D eigenvalue weighted by molar-refractivity contribution is 5.80. The standard InChI is InChI=1S/C39H57NO7/c1-5-6-7-8-9-10-11-12-13-14-15-16-17-18-19-20-33(41)45-28(2)37(42)46-31-23-24-39(43)32-27-29-21-22-30(44-4)35-34(29)38(39,36(31)47-35)25-26-40(32)3/h12-13,21-23,28,32,36,43H,5-11,14-20,24-27H2,1-4H3/b13-12-/t28-,32-,36-,38-,39+/m0/s1. The van der Waals surface area contributed by atoms with Gasteiger partial charge in [-0.15, -0.1) is 0 Å². The fourth-order valence-corrected chi connectivity index (χ4v) is 8.43. The largest absolute Gasteiger partial charge is 0.493 e. The van der Waals surface area contributed by atoms with Gasteiger partial charge in [0.1, 0.15) is 5.76 Å². The van der Waals surface area contributed by atoms with Crippen LogP contribution in [0.1, 0.15) is 128 Å². The van der Waals surface area contributed by atoms with Crippen LogP contribution >= 0.6 is 0 Å². The monoisotopic (exact) mass is 651 g/mol. The number of allylic oxidation sites excluding steroid dienone is 2. The molecular weight excluding hydrogens is 594 g/mol. The summed E-state index contributed by atoms with van der Waals surface area (Å²) in [6.45, 7) is 4.59. The lowest BCUT2D eigenvalue weighted by Crippen LogP contribution is -2.74. The molecule has 0 amide bonds. The highest BCUT2D eigenvalue weighted by Crippen LogP contribution is 2.65. The average Bonchev–Trinajstić information content (AvgIpc) is 3.42. The summed E-state index contributed by atoms with van der Waals surface area (Å²) in [4.78, 5) is 28.0. The third kappa shape index (κ3) is 7.29. The molecule has 1 saturated heterocycles. The Morgan fingerprint density at radius 1 is 1.04 bits per heavy atom. The van der Waals surface area contributed by atoms with Gasteiger partial charge in [-0.1, -0.05) is 76.5 Å². The van der Waals surface area contributed by atoms with Crippen LogP contribution in [0, 0.1) is 0 Å². The van der Waals surface area contributed by atoms with E-state index < -0.39 is 29.2 Å². The number of rotatable bonds is 19. The first-order valence-corrected chi connectivity index (χ1v) is 18.3. The Bertz CT molecular complexity index is 1310. The first-order chi connectivity index (χ1) is 22.8. The van der Waals surface area contributed by atoms with Gasteiger partial charge >= 0.3 is 11.9 Å². The minimum Gasteiger partial charge on any atom is -0.493 e. The average molecular weight is 652 g/mol. The normalized spacial score (nSPS) is 26.4. The molecule has 2 bridgehead atoms. The Hall–Kier alpha value is -2.84. The maximum Gasteiger partial charge on any atom is 0.352 e. The molecule has 260 valence electrons. The number of benzene rings is 1. The van der Waals surface area contributed by atoms with E-state index in [1.807, 2.05) is 6.07 Å². The van der Waals surface area contributed by atoms with Crippen molar-refractivity contribution in [2.75, 3.05) is 20.7 Å². The number of likely N-dealkylation sites (N-methyl/N-ethyl adjacent to an activating group) is 1. The number of likely N-dealkylation sites (tertiary alicyclic amines) is 1. The van der Waals surface area contributed by atoms with Gasteiger partial charge in [0.15, 0.2) is 23.7 Å². The summed E-state index contributed by atoms with van der Waals surface area (Å²) in [5.41, 5.74) is 0.285. The molecule has 0 radical (unpaired) electrons. The van der Waals surface area contributed by atoms with Crippen molar-refractivity contribution in [3.05, 3.63) is 47.2 Å². The third-order valence-corrected chi connectivity index (χ3v) is 11.1. The molecular formula is C39H57NO7. The van der Waals surface area contributed by atoms with E-state index in [1.54, 1.807) is 20.1 Å². The maximum atomic E-state index is 13.2. The molecule has 1 fully saturated rings. The van der Waals surface area contributed by atoms with Crippen molar-refractivity contribution in [3.63, 3.8) is 0 Å². The summed E-state index contributed by atoms with van der Waals surface area (Å²) in [6, 6.07) is 3.90. The van der Waals surface area contributed by atoms with Gasteiger partial charge in [-0.3, -0.25) is 4.79 Å². The summed E-state index contributed by atoms with van der Waals surface area (Å²) < 4.78 is 23.6. The number of ether oxygens (including phenoxy) is 4. The van der Waals surface area contributed by atoms with E-state index in [4.69, 9.17) is 18.9 Å². The lowest BCUT2D eigenvalue weighted by molar-refractivity contribution is -0.175. The zero-order valence-electron chi connectivity index (χ0n) is 29.2. The molecule has 2 aliphatic carbocycles. The quantitative estimate of drug-likeness (QED) is 0.0935. The van der Waals surface area contributed by atoms with Crippen LogP contribution in [0.4, 0.5) is 0 Å². The van der Waals surface area contributed by atoms with Gasteiger partial charge in [0.05, 0.1) is 18.1 Å². The third-order valence-electron chi connectivity index (χ3n) is 11.1. The molecule has 0 saturated carbocycles. The Morgan fingerprint density at radius 3 is 2.43 bits per heavy atom. The molecule has 5 atom stereocenters. The molecule has 2 aliphatic heterocycles. The van der Waals surface area contributed by atoms with Gasteiger partial charge in [-0.25, -0.2) is 4.79 Å². The Morgan fingerprint density at radius 2 is 1.72 bits per heavy atom. The van der Waals surface area contributed by atoms with E-state index >= 15 is 0 Å². The van der Waals surface area contributed by atoms with Crippen LogP contribution in [0.15, 0.2) is 36.1 Å². The number of methoxy groups -OCH3 is 1. The number of aliphatic hydroxyl groups is 1. The van der Waals surface area contributed by atoms with Crippen molar-refractivity contribution in [2.24, 2.45) is 0 Å². The van der Waals surface area contributed by atoms with Crippen LogP contribution in [0.3, 0.4) is 0 Å². The second-order valence-electron chi connectivity index (χ2n) is 14.2. The zero-order chi connectivity index (χ0) is 33.4. The molecule has 1 N–H and O–H groups in total.